The van der Waals surface area contributed by atoms with Gasteiger partial charge in [0.2, 0.25) is 11.7 Å². The average molecular weight is 424 g/mol. The lowest BCUT2D eigenvalue weighted by Gasteiger charge is -2.09. The smallest absolute Gasteiger partial charge is 0.251 e. The molecule has 4 rings (SSSR count). The number of carbonyl (C=O) groups excluding carboxylic acids is 2. The number of aromatic amines is 1. The van der Waals surface area contributed by atoms with Gasteiger partial charge in [-0.1, -0.05) is 0 Å². The normalized spacial score (nSPS) is 10.8. The molecular weight excluding hydrogens is 410 g/mol. The molecule has 9 nitrogen and oxygen atoms in total. The SMILES string of the molecule is COc1ccc(Nc2ncnc3[nH]cc(C(=O)c4c(F)ccc(C(N)=O)c4F)c23)cn1. The van der Waals surface area contributed by atoms with Crippen LogP contribution in [0.5, 0.6) is 5.88 Å². The van der Waals surface area contributed by atoms with Gasteiger partial charge in [0.25, 0.3) is 5.91 Å². The van der Waals surface area contributed by atoms with Crippen molar-refractivity contribution in [3.63, 3.8) is 0 Å². The molecule has 0 fully saturated rings. The van der Waals surface area contributed by atoms with Gasteiger partial charge in [0.1, 0.15) is 29.4 Å². The molecule has 4 N–H and O–H groups in total. The van der Waals surface area contributed by atoms with E-state index >= 15 is 0 Å². The third kappa shape index (κ3) is 3.52. The van der Waals surface area contributed by atoms with E-state index in [1.165, 1.54) is 25.8 Å². The van der Waals surface area contributed by atoms with Gasteiger partial charge in [0, 0.05) is 12.3 Å². The fourth-order valence-corrected chi connectivity index (χ4v) is 3.03. The van der Waals surface area contributed by atoms with Crippen molar-refractivity contribution in [3.05, 3.63) is 71.3 Å². The number of H-pyrrole nitrogens is 1. The summed E-state index contributed by atoms with van der Waals surface area (Å²) in [5.41, 5.74) is 4.29. The summed E-state index contributed by atoms with van der Waals surface area (Å²) in [7, 11) is 1.48. The second-order valence-corrected chi connectivity index (χ2v) is 6.34. The molecule has 3 aromatic heterocycles. The number of ether oxygens (including phenoxy) is 1. The minimum Gasteiger partial charge on any atom is -0.481 e. The van der Waals surface area contributed by atoms with Crippen LogP contribution in [0.1, 0.15) is 26.3 Å². The van der Waals surface area contributed by atoms with Crippen LogP contribution in [0.3, 0.4) is 0 Å². The largest absolute Gasteiger partial charge is 0.481 e. The van der Waals surface area contributed by atoms with E-state index in [1.807, 2.05) is 0 Å². The van der Waals surface area contributed by atoms with Gasteiger partial charge in [0.05, 0.1) is 41.1 Å². The average Bonchev–Trinajstić information content (AvgIpc) is 3.19. The maximum atomic E-state index is 14.7. The summed E-state index contributed by atoms with van der Waals surface area (Å²) >= 11 is 0. The Kier molecular flexibility index (Phi) is 4.99. The maximum absolute atomic E-state index is 14.7. The van der Waals surface area contributed by atoms with E-state index in [2.05, 4.69) is 25.3 Å². The molecule has 3 heterocycles. The second-order valence-electron chi connectivity index (χ2n) is 6.34. The highest BCUT2D eigenvalue weighted by atomic mass is 19.1. The zero-order chi connectivity index (χ0) is 22.1. The lowest BCUT2D eigenvalue weighted by Crippen LogP contribution is -2.17. The van der Waals surface area contributed by atoms with Gasteiger partial charge in [-0.2, -0.15) is 0 Å². The summed E-state index contributed by atoms with van der Waals surface area (Å²) < 4.78 is 34.1. The van der Waals surface area contributed by atoms with E-state index < -0.39 is 34.5 Å². The Morgan fingerprint density at radius 3 is 2.58 bits per heavy atom. The lowest BCUT2D eigenvalue weighted by atomic mass is 9.99. The summed E-state index contributed by atoms with van der Waals surface area (Å²) in [6, 6.07) is 4.98. The van der Waals surface area contributed by atoms with Crippen LogP contribution in [-0.2, 0) is 0 Å². The molecule has 1 aromatic carbocycles. The molecule has 0 saturated heterocycles. The topological polar surface area (TPSA) is 136 Å². The fraction of sp³-hybridized carbons (Fsp3) is 0.0500. The number of pyridine rings is 1. The van der Waals surface area contributed by atoms with Crippen LogP contribution in [0.4, 0.5) is 20.3 Å². The number of fused-ring (bicyclic) bond motifs is 1. The number of halogens is 2. The van der Waals surface area contributed by atoms with Crippen LogP contribution in [0.15, 0.2) is 43.0 Å². The van der Waals surface area contributed by atoms with Crippen LogP contribution >= 0.6 is 0 Å². The van der Waals surface area contributed by atoms with E-state index in [1.54, 1.807) is 12.1 Å². The Labute approximate surface area is 173 Å². The number of hydrogen-bond donors (Lipinski definition) is 3. The Morgan fingerprint density at radius 2 is 1.90 bits per heavy atom. The first-order chi connectivity index (χ1) is 14.9. The predicted molar refractivity (Wildman–Crippen MR) is 106 cm³/mol. The number of hydrogen-bond acceptors (Lipinski definition) is 7. The van der Waals surface area contributed by atoms with Crippen LogP contribution in [0.2, 0.25) is 0 Å². The fourth-order valence-electron chi connectivity index (χ4n) is 3.03. The number of carbonyl (C=O) groups is 2. The molecule has 0 radical (unpaired) electrons. The van der Waals surface area contributed by atoms with Gasteiger partial charge in [0.15, 0.2) is 0 Å². The Hall–Kier alpha value is -4.41. The quantitative estimate of drug-likeness (QED) is 0.405. The third-order valence-corrected chi connectivity index (χ3v) is 4.51. The first kappa shape index (κ1) is 19.9. The number of nitrogens with one attached hydrogen (secondary N) is 2. The van der Waals surface area contributed by atoms with Crippen LogP contribution in [0, 0.1) is 11.6 Å². The Bertz CT molecular complexity index is 1320. The number of aromatic nitrogens is 4. The summed E-state index contributed by atoms with van der Waals surface area (Å²) in [4.78, 5) is 39.5. The van der Waals surface area contributed by atoms with Gasteiger partial charge < -0.3 is 20.8 Å². The molecule has 0 saturated carbocycles. The molecular formula is C20H14F2N6O3. The van der Waals surface area contributed by atoms with Gasteiger partial charge in [-0.15, -0.1) is 0 Å². The molecule has 0 aliphatic heterocycles. The van der Waals surface area contributed by atoms with Crippen molar-refractivity contribution in [2.75, 3.05) is 12.4 Å². The molecule has 1 amide bonds. The standard InChI is InChI=1S/C20H14F2N6O3/c1-31-13-5-2-9(6-24-13)28-20-14-11(7-25-19(14)26-8-27-20)17(29)15-12(21)4-3-10(16(15)22)18(23)30/h2-8H,1H3,(H2,23,30)(H2,25,26,27,28). The Morgan fingerprint density at radius 1 is 1.10 bits per heavy atom. The molecule has 11 heteroatoms. The van der Waals surface area contributed by atoms with E-state index in [9.17, 15) is 18.4 Å². The van der Waals surface area contributed by atoms with Crippen LogP contribution in [-0.4, -0.2) is 38.7 Å². The molecule has 0 atom stereocenters. The Balaban J connectivity index is 1.81. The molecule has 31 heavy (non-hydrogen) atoms. The summed E-state index contributed by atoms with van der Waals surface area (Å²) in [6.45, 7) is 0. The van der Waals surface area contributed by atoms with Crippen molar-refractivity contribution in [1.29, 1.82) is 0 Å². The lowest BCUT2D eigenvalue weighted by molar-refractivity contribution is 0.0996. The van der Waals surface area contributed by atoms with Gasteiger partial charge >= 0.3 is 0 Å². The maximum Gasteiger partial charge on any atom is 0.251 e. The van der Waals surface area contributed by atoms with E-state index in [0.717, 1.165) is 12.1 Å². The number of ketones is 1. The van der Waals surface area contributed by atoms with Crippen molar-refractivity contribution >= 4 is 34.2 Å². The number of amides is 1. The number of nitrogens with two attached hydrogens (primary N) is 1. The molecule has 0 aliphatic rings. The molecule has 156 valence electrons. The van der Waals surface area contributed by atoms with Crippen LogP contribution < -0.4 is 15.8 Å². The van der Waals surface area contributed by atoms with E-state index in [4.69, 9.17) is 10.5 Å². The van der Waals surface area contributed by atoms with Crippen molar-refractivity contribution < 1.29 is 23.1 Å². The highest BCUT2D eigenvalue weighted by molar-refractivity contribution is 6.19. The van der Waals surface area contributed by atoms with Crippen LogP contribution in [0.25, 0.3) is 11.0 Å². The highest BCUT2D eigenvalue weighted by Gasteiger charge is 2.27. The summed E-state index contributed by atoms with van der Waals surface area (Å²) in [5.74, 6) is -3.99. The summed E-state index contributed by atoms with van der Waals surface area (Å²) in [6.07, 6.45) is 3.99. The van der Waals surface area contributed by atoms with E-state index in [0.29, 0.717) is 11.6 Å². The second kappa shape index (κ2) is 7.78. The molecule has 0 spiro atoms. The zero-order valence-electron chi connectivity index (χ0n) is 15.9. The highest BCUT2D eigenvalue weighted by Crippen LogP contribution is 2.29. The molecule has 0 aliphatic carbocycles. The monoisotopic (exact) mass is 424 g/mol. The number of methoxy groups -OCH3 is 1. The minimum absolute atomic E-state index is 0.0982. The predicted octanol–water partition coefficient (Wildman–Crippen LogP) is 2.71. The number of anilines is 2. The zero-order valence-corrected chi connectivity index (χ0v) is 15.9. The molecule has 0 unspecified atom stereocenters. The van der Waals surface area contributed by atoms with Crippen molar-refractivity contribution in [2.45, 2.75) is 0 Å². The van der Waals surface area contributed by atoms with E-state index in [-0.39, 0.29) is 22.4 Å². The first-order valence-corrected chi connectivity index (χ1v) is 8.82. The summed E-state index contributed by atoms with van der Waals surface area (Å²) in [5, 5.41) is 3.19. The first-order valence-electron chi connectivity index (χ1n) is 8.82. The minimum atomic E-state index is -1.34. The van der Waals surface area contributed by atoms with Gasteiger partial charge in [-0.05, 0) is 18.2 Å². The third-order valence-electron chi connectivity index (χ3n) is 4.51. The van der Waals surface area contributed by atoms with Crippen molar-refractivity contribution in [1.82, 2.24) is 19.9 Å². The number of benzene rings is 1. The number of primary amides is 1. The number of rotatable bonds is 6. The van der Waals surface area contributed by atoms with Crippen molar-refractivity contribution in [3.8, 4) is 5.88 Å². The molecule has 4 aromatic rings. The van der Waals surface area contributed by atoms with Gasteiger partial charge in [-0.3, -0.25) is 9.59 Å². The molecule has 0 bridgehead atoms. The number of nitrogens with zero attached hydrogens (tertiary/aromatic N) is 3. The van der Waals surface area contributed by atoms with Crippen molar-refractivity contribution in [2.24, 2.45) is 5.73 Å². The van der Waals surface area contributed by atoms with Gasteiger partial charge in [-0.25, -0.2) is 23.7 Å².